The maximum atomic E-state index is 15.1. The van der Waals surface area contributed by atoms with Crippen molar-refractivity contribution in [2.24, 2.45) is 0 Å². The fraction of sp³-hybridized carbons (Fsp3) is 0.833. The van der Waals surface area contributed by atoms with E-state index in [2.05, 4.69) is 19.9 Å². The fourth-order valence-corrected chi connectivity index (χ4v) is 3.36. The highest BCUT2D eigenvalue weighted by atomic mass is 19.1. The Morgan fingerprint density at radius 1 is 0.786 bits per heavy atom. The lowest BCUT2D eigenvalue weighted by molar-refractivity contribution is 0.00578. The molecule has 1 heterocycles. The average molecular weight is 394 g/mol. The number of halogens is 1. The van der Waals surface area contributed by atoms with Gasteiger partial charge in [0.25, 0.3) is 0 Å². The van der Waals surface area contributed by atoms with E-state index in [0.29, 0.717) is 11.9 Å². The van der Waals surface area contributed by atoms with Crippen molar-refractivity contribution in [3.8, 4) is 0 Å². The van der Waals surface area contributed by atoms with Crippen molar-refractivity contribution in [1.29, 1.82) is 0 Å². The van der Waals surface area contributed by atoms with Gasteiger partial charge in [0.05, 0.1) is 17.0 Å². The molecule has 1 rings (SSSR count). The summed E-state index contributed by atoms with van der Waals surface area (Å²) in [5.41, 5.74) is -0.310. The number of allylic oxidation sites excluding steroid dienone is 4. The summed E-state index contributed by atoms with van der Waals surface area (Å²) in [6.45, 7) is 12.5. The molecule has 0 aromatic heterocycles. The average Bonchev–Trinajstić information content (AvgIpc) is 2.84. The third-order valence-electron chi connectivity index (χ3n) is 6.09. The Kier molecular flexibility index (Phi) is 11.7. The first kappa shape index (κ1) is 25.4. The van der Waals surface area contributed by atoms with Crippen molar-refractivity contribution >= 4 is 7.12 Å². The predicted molar refractivity (Wildman–Crippen MR) is 120 cm³/mol. The Bertz CT molecular complexity index is 481. The largest absolute Gasteiger partial charge is 0.497 e. The summed E-state index contributed by atoms with van der Waals surface area (Å²) in [4.78, 5) is 0. The van der Waals surface area contributed by atoms with Gasteiger partial charge in [0.2, 0.25) is 0 Å². The van der Waals surface area contributed by atoms with Crippen LogP contribution in [0.25, 0.3) is 0 Å². The molecule has 0 saturated carbocycles. The molecule has 0 amide bonds. The van der Waals surface area contributed by atoms with E-state index in [-0.39, 0.29) is 5.83 Å². The predicted octanol–water partition coefficient (Wildman–Crippen LogP) is 8.12. The summed E-state index contributed by atoms with van der Waals surface area (Å²) >= 11 is 0. The molecule has 0 spiro atoms. The highest BCUT2D eigenvalue weighted by molar-refractivity contribution is 6.55. The normalized spacial score (nSPS) is 19.5. The lowest BCUT2D eigenvalue weighted by atomic mass is 9.76. The van der Waals surface area contributed by atoms with E-state index in [0.717, 1.165) is 32.1 Å². The van der Waals surface area contributed by atoms with Crippen LogP contribution in [-0.2, 0) is 9.31 Å². The SMILES string of the molecule is CCCC/C=C/C(B1OC(C)(C)C(C)(C)O1)=C(\F)CCCCCCCCCC. The molecule has 0 aromatic carbocycles. The molecule has 0 atom stereocenters. The Morgan fingerprint density at radius 3 is 1.82 bits per heavy atom. The Labute approximate surface area is 174 Å². The van der Waals surface area contributed by atoms with Crippen LogP contribution in [-0.4, -0.2) is 18.3 Å². The van der Waals surface area contributed by atoms with E-state index in [9.17, 15) is 0 Å². The molecule has 0 aliphatic carbocycles. The van der Waals surface area contributed by atoms with Gasteiger partial charge in [-0.3, -0.25) is 0 Å². The van der Waals surface area contributed by atoms with Gasteiger partial charge in [-0.05, 0) is 47.0 Å². The molecule has 0 N–H and O–H groups in total. The molecule has 1 fully saturated rings. The van der Waals surface area contributed by atoms with Crippen LogP contribution in [0.4, 0.5) is 4.39 Å². The van der Waals surface area contributed by atoms with Crippen molar-refractivity contribution in [3.63, 3.8) is 0 Å². The number of hydrogen-bond donors (Lipinski definition) is 0. The van der Waals surface area contributed by atoms with E-state index in [1.54, 1.807) is 0 Å². The van der Waals surface area contributed by atoms with Crippen molar-refractivity contribution in [2.45, 2.75) is 130 Å². The van der Waals surface area contributed by atoms with E-state index in [1.165, 1.54) is 38.5 Å². The van der Waals surface area contributed by atoms with Gasteiger partial charge in [-0.15, -0.1) is 0 Å². The van der Waals surface area contributed by atoms with Crippen molar-refractivity contribution in [2.75, 3.05) is 0 Å². The standard InChI is InChI=1S/C24H44BFO2/c1-7-9-11-13-14-15-16-18-20-22(26)21(19-17-12-10-8-2)25-27-23(3,4)24(5,6)28-25/h17,19H,7-16,18,20H2,1-6H3/b19-17+,22-21+. The summed E-state index contributed by atoms with van der Waals surface area (Å²) in [7, 11) is -0.614. The topological polar surface area (TPSA) is 18.5 Å². The van der Waals surface area contributed by atoms with Crippen LogP contribution < -0.4 is 0 Å². The van der Waals surface area contributed by atoms with E-state index >= 15 is 4.39 Å². The van der Waals surface area contributed by atoms with Gasteiger partial charge in [0, 0.05) is 5.47 Å². The Balaban J connectivity index is 2.63. The summed E-state index contributed by atoms with van der Waals surface area (Å²) in [5.74, 6) is -0.0720. The second-order valence-corrected chi connectivity index (χ2v) is 9.22. The second kappa shape index (κ2) is 12.9. The highest BCUT2D eigenvalue weighted by Crippen LogP contribution is 2.39. The molecule has 0 aromatic rings. The molecule has 28 heavy (non-hydrogen) atoms. The zero-order chi connectivity index (χ0) is 21.0. The molecular weight excluding hydrogens is 350 g/mol. The maximum Gasteiger partial charge on any atom is 0.497 e. The van der Waals surface area contributed by atoms with Crippen LogP contribution in [0.15, 0.2) is 23.5 Å². The van der Waals surface area contributed by atoms with Crippen LogP contribution in [0.1, 0.15) is 119 Å². The summed E-state index contributed by atoms with van der Waals surface area (Å²) in [6, 6.07) is 0. The molecule has 4 heteroatoms. The summed E-state index contributed by atoms with van der Waals surface area (Å²) in [6.07, 6.45) is 17.4. The monoisotopic (exact) mass is 394 g/mol. The fourth-order valence-electron chi connectivity index (χ4n) is 3.36. The van der Waals surface area contributed by atoms with Gasteiger partial charge >= 0.3 is 7.12 Å². The molecule has 2 nitrogen and oxygen atoms in total. The zero-order valence-corrected chi connectivity index (χ0v) is 19.4. The maximum absolute atomic E-state index is 15.1. The van der Waals surface area contributed by atoms with Gasteiger partial charge in [0.15, 0.2) is 0 Å². The molecular formula is C24H44BFO2. The lowest BCUT2D eigenvalue weighted by Gasteiger charge is -2.32. The molecule has 1 saturated heterocycles. The van der Waals surface area contributed by atoms with Crippen molar-refractivity contribution in [1.82, 2.24) is 0 Å². The summed E-state index contributed by atoms with van der Waals surface area (Å²) < 4.78 is 27.3. The highest BCUT2D eigenvalue weighted by Gasteiger charge is 2.52. The van der Waals surface area contributed by atoms with Crippen molar-refractivity contribution < 1.29 is 13.7 Å². The van der Waals surface area contributed by atoms with Gasteiger partial charge in [-0.1, -0.05) is 83.8 Å². The van der Waals surface area contributed by atoms with E-state index in [4.69, 9.17) is 9.31 Å². The molecule has 1 aliphatic rings. The lowest BCUT2D eigenvalue weighted by Crippen LogP contribution is -2.41. The number of unbranched alkanes of at least 4 members (excludes halogenated alkanes) is 9. The minimum absolute atomic E-state index is 0.0720. The van der Waals surface area contributed by atoms with Gasteiger partial charge in [0.1, 0.15) is 0 Å². The molecule has 0 bridgehead atoms. The first-order valence-corrected chi connectivity index (χ1v) is 11.7. The quantitative estimate of drug-likeness (QED) is 0.168. The molecule has 1 aliphatic heterocycles. The second-order valence-electron chi connectivity index (χ2n) is 9.22. The smallest absolute Gasteiger partial charge is 0.399 e. The first-order valence-electron chi connectivity index (χ1n) is 11.7. The first-order chi connectivity index (χ1) is 13.2. The number of hydrogen-bond acceptors (Lipinski definition) is 2. The third kappa shape index (κ3) is 8.41. The minimum atomic E-state index is -0.614. The number of rotatable bonds is 14. The van der Waals surface area contributed by atoms with Crippen LogP contribution in [0.3, 0.4) is 0 Å². The van der Waals surface area contributed by atoms with Crippen molar-refractivity contribution in [3.05, 3.63) is 23.5 Å². The van der Waals surface area contributed by atoms with E-state index < -0.39 is 18.3 Å². The van der Waals surface area contributed by atoms with Crippen LogP contribution >= 0.6 is 0 Å². The molecule has 0 unspecified atom stereocenters. The zero-order valence-electron chi connectivity index (χ0n) is 19.4. The Hall–Kier alpha value is -0.605. The van der Waals surface area contributed by atoms with Crippen LogP contribution in [0.2, 0.25) is 0 Å². The van der Waals surface area contributed by atoms with Gasteiger partial charge in [-0.2, -0.15) is 0 Å². The molecule has 162 valence electrons. The van der Waals surface area contributed by atoms with Crippen LogP contribution in [0, 0.1) is 0 Å². The summed E-state index contributed by atoms with van der Waals surface area (Å²) in [5, 5.41) is 0. The third-order valence-corrected chi connectivity index (χ3v) is 6.09. The minimum Gasteiger partial charge on any atom is -0.399 e. The van der Waals surface area contributed by atoms with E-state index in [1.807, 2.05) is 33.8 Å². The van der Waals surface area contributed by atoms with Gasteiger partial charge in [-0.25, -0.2) is 4.39 Å². The Morgan fingerprint density at radius 2 is 1.29 bits per heavy atom. The van der Waals surface area contributed by atoms with Crippen LogP contribution in [0.5, 0.6) is 0 Å². The molecule has 0 radical (unpaired) electrons. The van der Waals surface area contributed by atoms with Gasteiger partial charge < -0.3 is 9.31 Å².